The second kappa shape index (κ2) is 10.6. The number of hydrogen-bond acceptors (Lipinski definition) is 5. The van der Waals surface area contributed by atoms with Crippen molar-refractivity contribution in [2.24, 2.45) is 5.73 Å². The molecule has 0 aliphatic heterocycles. The zero-order valence-corrected chi connectivity index (χ0v) is 17.0. The molecule has 0 aliphatic rings. The Balaban J connectivity index is 0.00000288. The molecule has 0 saturated carbocycles. The highest BCUT2D eigenvalue weighted by Crippen LogP contribution is 2.26. The molecule has 3 N–H and O–H groups in total. The molecule has 2 aromatic rings. The van der Waals surface area contributed by atoms with Gasteiger partial charge in [0.2, 0.25) is 0 Å². The molecular weight excluding hydrogens is 381 g/mol. The van der Waals surface area contributed by atoms with E-state index in [2.05, 4.69) is 10.3 Å². The molecule has 8 heteroatoms. The first kappa shape index (κ1) is 23.7. The zero-order valence-electron chi connectivity index (χ0n) is 14.6. The van der Waals surface area contributed by atoms with Gasteiger partial charge in [0, 0.05) is 17.5 Å². The molecule has 1 heterocycles. The van der Waals surface area contributed by atoms with E-state index in [9.17, 15) is 4.79 Å². The second-order valence-electron chi connectivity index (χ2n) is 5.41. The molecule has 140 valence electrons. The van der Waals surface area contributed by atoms with Crippen molar-refractivity contribution in [1.29, 1.82) is 0 Å². The summed E-state index contributed by atoms with van der Waals surface area (Å²) in [5, 5.41) is 5.63. The third-order valence-corrected chi connectivity index (χ3v) is 5.09. The van der Waals surface area contributed by atoms with Crippen LogP contribution in [0.5, 0.6) is 5.75 Å². The lowest BCUT2D eigenvalue weighted by Gasteiger charge is -2.31. The van der Waals surface area contributed by atoms with E-state index in [1.54, 1.807) is 12.5 Å². The van der Waals surface area contributed by atoms with Crippen LogP contribution < -0.4 is 15.8 Å². The fourth-order valence-electron chi connectivity index (χ4n) is 2.32. The fourth-order valence-corrected chi connectivity index (χ4v) is 3.12. The number of halogens is 2. The number of benzene rings is 1. The van der Waals surface area contributed by atoms with Crippen LogP contribution in [0.1, 0.15) is 37.2 Å². The van der Waals surface area contributed by atoms with E-state index in [0.29, 0.717) is 12.2 Å². The topological polar surface area (TPSA) is 77.2 Å². The standard InChI is InChI=1S/C17H23N3O2S.2ClH/c1-4-17(5-2,11-18)20-15(21)14-10-23-16(19-14)12-6-8-13(22-3)9-7-12;;/h6-10H,4-5,11,18H2,1-3H3,(H,20,21);2*1H. The number of ether oxygens (including phenoxy) is 1. The van der Waals surface area contributed by atoms with Gasteiger partial charge in [-0.2, -0.15) is 0 Å². The summed E-state index contributed by atoms with van der Waals surface area (Å²) in [7, 11) is 1.63. The molecule has 0 spiro atoms. The second-order valence-corrected chi connectivity index (χ2v) is 6.27. The normalized spacial score (nSPS) is 10.4. The summed E-state index contributed by atoms with van der Waals surface area (Å²) in [6.45, 7) is 4.47. The van der Waals surface area contributed by atoms with Gasteiger partial charge in [-0.05, 0) is 37.1 Å². The van der Waals surface area contributed by atoms with Crippen molar-refractivity contribution in [1.82, 2.24) is 10.3 Å². The van der Waals surface area contributed by atoms with Gasteiger partial charge >= 0.3 is 0 Å². The van der Waals surface area contributed by atoms with Crippen molar-refractivity contribution in [3.63, 3.8) is 0 Å². The Labute approximate surface area is 165 Å². The minimum Gasteiger partial charge on any atom is -0.497 e. The first-order valence-electron chi connectivity index (χ1n) is 7.70. The smallest absolute Gasteiger partial charge is 0.271 e. The number of carbonyl (C=O) groups is 1. The van der Waals surface area contributed by atoms with E-state index in [-0.39, 0.29) is 36.3 Å². The van der Waals surface area contributed by atoms with Crippen LogP contribution >= 0.6 is 36.2 Å². The number of aromatic nitrogens is 1. The van der Waals surface area contributed by atoms with Crippen LogP contribution in [-0.4, -0.2) is 30.1 Å². The summed E-state index contributed by atoms with van der Waals surface area (Å²) in [4.78, 5) is 16.9. The molecule has 0 unspecified atom stereocenters. The number of carbonyl (C=O) groups excluding carboxylic acids is 1. The van der Waals surface area contributed by atoms with Crippen LogP contribution in [0, 0.1) is 0 Å². The maximum absolute atomic E-state index is 12.4. The molecule has 0 saturated heterocycles. The van der Waals surface area contributed by atoms with Gasteiger partial charge in [-0.25, -0.2) is 4.98 Å². The van der Waals surface area contributed by atoms with Crippen molar-refractivity contribution in [3.8, 4) is 16.3 Å². The third-order valence-electron chi connectivity index (χ3n) is 4.20. The van der Waals surface area contributed by atoms with Crippen molar-refractivity contribution >= 4 is 42.1 Å². The van der Waals surface area contributed by atoms with E-state index >= 15 is 0 Å². The summed E-state index contributed by atoms with van der Waals surface area (Å²) in [5.74, 6) is 0.622. The van der Waals surface area contributed by atoms with Crippen LogP contribution in [0.3, 0.4) is 0 Å². The van der Waals surface area contributed by atoms with Gasteiger partial charge in [-0.1, -0.05) is 13.8 Å². The molecule has 1 aromatic heterocycles. The Hall–Kier alpha value is -1.34. The number of rotatable bonds is 7. The Morgan fingerprint density at radius 1 is 1.24 bits per heavy atom. The molecular formula is C17H25Cl2N3O2S. The van der Waals surface area contributed by atoms with Crippen LogP contribution in [0.2, 0.25) is 0 Å². The Kier molecular flexibility index (Phi) is 10.0. The first-order chi connectivity index (χ1) is 11.1. The highest BCUT2D eigenvalue weighted by Gasteiger charge is 2.27. The highest BCUT2D eigenvalue weighted by molar-refractivity contribution is 7.13. The average Bonchev–Trinajstić information content (AvgIpc) is 3.10. The van der Waals surface area contributed by atoms with Crippen molar-refractivity contribution in [2.75, 3.05) is 13.7 Å². The summed E-state index contributed by atoms with van der Waals surface area (Å²) in [6, 6.07) is 7.62. The zero-order chi connectivity index (χ0) is 16.9. The van der Waals surface area contributed by atoms with Crippen LogP contribution in [0.15, 0.2) is 29.6 Å². The molecule has 5 nitrogen and oxygen atoms in total. The van der Waals surface area contributed by atoms with Gasteiger partial charge in [0.05, 0.1) is 12.6 Å². The number of nitrogens with zero attached hydrogens (tertiary/aromatic N) is 1. The molecule has 25 heavy (non-hydrogen) atoms. The largest absolute Gasteiger partial charge is 0.497 e. The summed E-state index contributed by atoms with van der Waals surface area (Å²) >= 11 is 1.45. The Morgan fingerprint density at radius 2 is 1.84 bits per heavy atom. The molecule has 0 aliphatic carbocycles. The maximum Gasteiger partial charge on any atom is 0.271 e. The van der Waals surface area contributed by atoms with E-state index in [0.717, 1.165) is 29.2 Å². The molecule has 0 radical (unpaired) electrons. The van der Waals surface area contributed by atoms with E-state index in [1.165, 1.54) is 11.3 Å². The van der Waals surface area contributed by atoms with Crippen molar-refractivity contribution in [3.05, 3.63) is 35.3 Å². The lowest BCUT2D eigenvalue weighted by Crippen LogP contribution is -2.52. The minimum atomic E-state index is -0.360. The fraction of sp³-hybridized carbons (Fsp3) is 0.412. The summed E-state index contributed by atoms with van der Waals surface area (Å²) < 4.78 is 5.15. The van der Waals surface area contributed by atoms with E-state index in [1.807, 2.05) is 38.1 Å². The SMILES string of the molecule is CCC(CC)(CN)NC(=O)c1csc(-c2ccc(OC)cc2)n1.Cl.Cl. The molecule has 0 bridgehead atoms. The van der Waals surface area contributed by atoms with Gasteiger partial charge in [-0.3, -0.25) is 4.79 Å². The number of nitrogens with one attached hydrogen (secondary N) is 1. The molecule has 1 aromatic carbocycles. The summed E-state index contributed by atoms with van der Waals surface area (Å²) in [5.41, 5.74) is 6.87. The van der Waals surface area contributed by atoms with E-state index < -0.39 is 0 Å². The average molecular weight is 406 g/mol. The third kappa shape index (κ3) is 5.57. The summed E-state index contributed by atoms with van der Waals surface area (Å²) in [6.07, 6.45) is 1.59. The molecule has 1 amide bonds. The molecule has 0 fully saturated rings. The van der Waals surface area contributed by atoms with Gasteiger partial charge < -0.3 is 15.8 Å². The van der Waals surface area contributed by atoms with Crippen LogP contribution in [0.4, 0.5) is 0 Å². The van der Waals surface area contributed by atoms with Crippen LogP contribution in [-0.2, 0) is 0 Å². The maximum atomic E-state index is 12.4. The molecule has 0 atom stereocenters. The lowest BCUT2D eigenvalue weighted by atomic mass is 9.93. The molecule has 2 rings (SSSR count). The van der Waals surface area contributed by atoms with Crippen molar-refractivity contribution < 1.29 is 9.53 Å². The van der Waals surface area contributed by atoms with E-state index in [4.69, 9.17) is 10.5 Å². The number of nitrogens with two attached hydrogens (primary N) is 1. The Bertz CT molecular complexity index is 650. The predicted octanol–water partition coefficient (Wildman–Crippen LogP) is 3.91. The predicted molar refractivity (Wildman–Crippen MR) is 108 cm³/mol. The van der Waals surface area contributed by atoms with Gasteiger partial charge in [0.25, 0.3) is 5.91 Å². The van der Waals surface area contributed by atoms with Gasteiger partial charge in [0.15, 0.2) is 0 Å². The van der Waals surface area contributed by atoms with Gasteiger partial charge in [0.1, 0.15) is 16.5 Å². The van der Waals surface area contributed by atoms with Crippen molar-refractivity contribution in [2.45, 2.75) is 32.2 Å². The highest BCUT2D eigenvalue weighted by atomic mass is 35.5. The minimum absolute atomic E-state index is 0. The number of methoxy groups -OCH3 is 1. The number of thiazole rings is 1. The van der Waals surface area contributed by atoms with Gasteiger partial charge in [-0.15, -0.1) is 36.2 Å². The number of amides is 1. The monoisotopic (exact) mass is 405 g/mol. The lowest BCUT2D eigenvalue weighted by molar-refractivity contribution is 0.0891. The number of hydrogen-bond donors (Lipinski definition) is 2. The first-order valence-corrected chi connectivity index (χ1v) is 8.58. The van der Waals surface area contributed by atoms with Crippen LogP contribution in [0.25, 0.3) is 10.6 Å². The Morgan fingerprint density at radius 3 is 2.32 bits per heavy atom. The quantitative estimate of drug-likeness (QED) is 0.731.